The molecule has 0 aromatic heterocycles. The highest BCUT2D eigenvalue weighted by Crippen LogP contribution is 2.47. The second kappa shape index (κ2) is 9.40. The van der Waals surface area contributed by atoms with E-state index in [0.717, 1.165) is 51.1 Å². The van der Waals surface area contributed by atoms with Gasteiger partial charge in [0, 0.05) is 30.5 Å². The third-order valence-electron chi connectivity index (χ3n) is 8.04. The Morgan fingerprint density at radius 2 is 1.79 bits per heavy atom. The summed E-state index contributed by atoms with van der Waals surface area (Å²) in [5.41, 5.74) is 1.54. The first-order valence-corrected chi connectivity index (χ1v) is 12.4. The number of nitriles is 1. The second-order valence-electron chi connectivity index (χ2n) is 10.5. The smallest absolute Gasteiger partial charge is 0.310 e. The molecule has 2 aromatic rings. The number of carboxylic acid groups (broad SMARTS) is 1. The zero-order valence-electron chi connectivity index (χ0n) is 19.6. The minimum atomic E-state index is -0.643. The monoisotopic (exact) mass is 459 g/mol. The fourth-order valence-electron chi connectivity index (χ4n) is 5.28. The Kier molecular flexibility index (Phi) is 6.33. The Hall–Kier alpha value is -2.88. The molecule has 5 rings (SSSR count). The average Bonchev–Trinajstić information content (AvgIpc) is 3.80. The van der Waals surface area contributed by atoms with Crippen molar-refractivity contribution in [2.45, 2.75) is 44.1 Å². The summed E-state index contributed by atoms with van der Waals surface area (Å²) in [7, 11) is 0. The Bertz CT molecular complexity index is 1030. The summed E-state index contributed by atoms with van der Waals surface area (Å²) in [4.78, 5) is 14.0. The minimum absolute atomic E-state index is 0.00810. The summed E-state index contributed by atoms with van der Waals surface area (Å²) >= 11 is 0. The summed E-state index contributed by atoms with van der Waals surface area (Å²) in [6.07, 6.45) is 4.74. The van der Waals surface area contributed by atoms with Crippen molar-refractivity contribution in [3.05, 3.63) is 65.7 Å². The molecule has 6 heteroatoms. The lowest BCUT2D eigenvalue weighted by molar-refractivity contribution is -0.144. The third kappa shape index (κ3) is 5.11. The lowest BCUT2D eigenvalue weighted by atomic mass is 9.78. The number of hydrogen-bond acceptors (Lipinski definition) is 5. The lowest BCUT2D eigenvalue weighted by Gasteiger charge is -2.42. The molecule has 2 saturated carbocycles. The maximum absolute atomic E-state index is 11.6. The van der Waals surface area contributed by atoms with Crippen LogP contribution >= 0.6 is 0 Å². The largest absolute Gasteiger partial charge is 0.493 e. The number of rotatable bonds is 10. The Labute approximate surface area is 201 Å². The van der Waals surface area contributed by atoms with Crippen molar-refractivity contribution in [1.29, 1.82) is 5.26 Å². The number of carbonyl (C=O) groups is 1. The SMILES string of the molecule is N#Cc1ccc(OCC2(CN[C@@H]3CC3c3ccccc3)CCN(CC3(C(=O)O)CC3)CC2)cc1. The van der Waals surface area contributed by atoms with Gasteiger partial charge in [-0.25, -0.2) is 0 Å². The molecule has 34 heavy (non-hydrogen) atoms. The van der Waals surface area contributed by atoms with Crippen LogP contribution in [0.3, 0.4) is 0 Å². The fraction of sp³-hybridized carbons (Fsp3) is 0.500. The number of ether oxygens (including phenoxy) is 1. The van der Waals surface area contributed by atoms with Crippen molar-refractivity contribution in [3.63, 3.8) is 0 Å². The lowest BCUT2D eigenvalue weighted by Crippen LogP contribution is -2.50. The molecule has 0 bridgehead atoms. The van der Waals surface area contributed by atoms with Crippen LogP contribution in [0, 0.1) is 22.2 Å². The van der Waals surface area contributed by atoms with Crippen LogP contribution in [0.25, 0.3) is 0 Å². The van der Waals surface area contributed by atoms with Crippen LogP contribution in [-0.4, -0.2) is 54.8 Å². The number of hydrogen-bond donors (Lipinski definition) is 2. The topological polar surface area (TPSA) is 85.6 Å². The molecule has 6 nitrogen and oxygen atoms in total. The Balaban J connectivity index is 1.20. The van der Waals surface area contributed by atoms with E-state index in [2.05, 4.69) is 46.6 Å². The molecular formula is C28H33N3O3. The molecule has 1 aliphatic heterocycles. The molecule has 1 heterocycles. The van der Waals surface area contributed by atoms with Gasteiger partial charge in [-0.05, 0) is 75.0 Å². The number of benzene rings is 2. The van der Waals surface area contributed by atoms with Crippen molar-refractivity contribution in [1.82, 2.24) is 10.2 Å². The first-order chi connectivity index (χ1) is 16.5. The van der Waals surface area contributed by atoms with Gasteiger partial charge in [0.05, 0.1) is 23.7 Å². The van der Waals surface area contributed by atoms with Crippen LogP contribution in [0.15, 0.2) is 54.6 Å². The Morgan fingerprint density at radius 3 is 2.41 bits per heavy atom. The minimum Gasteiger partial charge on any atom is -0.493 e. The van der Waals surface area contributed by atoms with Gasteiger partial charge in [0.2, 0.25) is 0 Å². The van der Waals surface area contributed by atoms with Gasteiger partial charge in [0.1, 0.15) is 5.75 Å². The fourth-order valence-corrected chi connectivity index (χ4v) is 5.28. The van der Waals surface area contributed by atoms with Gasteiger partial charge >= 0.3 is 5.97 Å². The van der Waals surface area contributed by atoms with E-state index < -0.39 is 11.4 Å². The van der Waals surface area contributed by atoms with E-state index in [1.54, 1.807) is 12.1 Å². The molecule has 2 N–H and O–H groups in total. The van der Waals surface area contributed by atoms with E-state index in [-0.39, 0.29) is 5.41 Å². The van der Waals surface area contributed by atoms with Gasteiger partial charge in [-0.1, -0.05) is 30.3 Å². The molecule has 1 unspecified atom stereocenters. The predicted molar refractivity (Wildman–Crippen MR) is 130 cm³/mol. The van der Waals surface area contributed by atoms with Gasteiger partial charge in [-0.2, -0.15) is 5.26 Å². The standard InChI is InChI=1S/C28H33N3O3/c29-17-21-6-8-23(9-7-21)34-20-27(18-30-25-16-24(25)22-4-2-1-3-5-22)12-14-31(15-13-27)19-28(10-11-28)26(32)33/h1-9,24-25,30H,10-16,18-20H2,(H,32,33)/t24?,25-/m1/s1. The van der Waals surface area contributed by atoms with Crippen molar-refractivity contribution in [2.75, 3.05) is 32.8 Å². The van der Waals surface area contributed by atoms with Crippen LogP contribution in [0.2, 0.25) is 0 Å². The molecular weight excluding hydrogens is 426 g/mol. The number of likely N-dealkylation sites (tertiary alicyclic amines) is 1. The molecule has 2 aliphatic carbocycles. The van der Waals surface area contributed by atoms with Gasteiger partial charge in [0.25, 0.3) is 0 Å². The van der Waals surface area contributed by atoms with Crippen LogP contribution in [0.1, 0.15) is 49.1 Å². The predicted octanol–water partition coefficient (Wildman–Crippen LogP) is 4.03. The summed E-state index contributed by atoms with van der Waals surface area (Å²) in [6.45, 7) is 3.99. The average molecular weight is 460 g/mol. The molecule has 3 fully saturated rings. The zero-order valence-corrected chi connectivity index (χ0v) is 19.6. The number of carboxylic acids is 1. The highest BCUT2D eigenvalue weighted by Gasteiger charge is 2.52. The van der Waals surface area contributed by atoms with Gasteiger partial charge in [-0.15, -0.1) is 0 Å². The maximum Gasteiger partial charge on any atom is 0.310 e. The molecule has 0 spiro atoms. The van der Waals surface area contributed by atoms with Crippen molar-refractivity contribution in [2.24, 2.45) is 10.8 Å². The van der Waals surface area contributed by atoms with Crippen LogP contribution < -0.4 is 10.1 Å². The van der Waals surface area contributed by atoms with Crippen LogP contribution in [0.5, 0.6) is 5.75 Å². The van der Waals surface area contributed by atoms with E-state index in [4.69, 9.17) is 10.00 Å². The number of piperidine rings is 1. The van der Waals surface area contributed by atoms with Gasteiger partial charge in [0.15, 0.2) is 0 Å². The molecule has 178 valence electrons. The van der Waals surface area contributed by atoms with Crippen molar-refractivity contribution in [3.8, 4) is 11.8 Å². The molecule has 2 aromatic carbocycles. The first-order valence-electron chi connectivity index (χ1n) is 12.4. The van der Waals surface area contributed by atoms with E-state index >= 15 is 0 Å². The molecule has 0 amide bonds. The molecule has 2 atom stereocenters. The summed E-state index contributed by atoms with van der Waals surface area (Å²) in [5, 5.41) is 22.4. The highest BCUT2D eigenvalue weighted by atomic mass is 16.5. The van der Waals surface area contributed by atoms with Crippen molar-refractivity contribution < 1.29 is 14.6 Å². The summed E-state index contributed by atoms with van der Waals surface area (Å²) in [6, 6.07) is 20.7. The Morgan fingerprint density at radius 1 is 1.09 bits per heavy atom. The summed E-state index contributed by atoms with van der Waals surface area (Å²) < 4.78 is 6.24. The van der Waals surface area contributed by atoms with E-state index in [1.807, 2.05) is 12.1 Å². The highest BCUT2D eigenvalue weighted by molar-refractivity contribution is 5.78. The third-order valence-corrected chi connectivity index (χ3v) is 8.04. The van der Waals surface area contributed by atoms with E-state index in [9.17, 15) is 9.90 Å². The first kappa shape index (κ1) is 22.9. The molecule has 3 aliphatic rings. The second-order valence-corrected chi connectivity index (χ2v) is 10.5. The van der Waals surface area contributed by atoms with E-state index in [1.165, 1.54) is 12.0 Å². The molecule has 1 saturated heterocycles. The number of aliphatic carboxylic acids is 1. The van der Waals surface area contributed by atoms with Crippen molar-refractivity contribution >= 4 is 5.97 Å². The van der Waals surface area contributed by atoms with Gasteiger partial charge < -0.3 is 20.1 Å². The van der Waals surface area contributed by atoms with E-state index in [0.29, 0.717) is 30.7 Å². The van der Waals surface area contributed by atoms with Crippen LogP contribution in [0.4, 0.5) is 0 Å². The number of nitrogens with one attached hydrogen (secondary N) is 1. The zero-order chi connectivity index (χ0) is 23.6. The normalized spacial score (nSPS) is 24.7. The van der Waals surface area contributed by atoms with Gasteiger partial charge in [-0.3, -0.25) is 4.79 Å². The quantitative estimate of drug-likeness (QED) is 0.558. The van der Waals surface area contributed by atoms with Crippen LogP contribution in [-0.2, 0) is 4.79 Å². The number of nitrogens with zero attached hydrogens (tertiary/aromatic N) is 2. The summed E-state index contributed by atoms with van der Waals surface area (Å²) in [5.74, 6) is 0.733. The molecule has 0 radical (unpaired) electrons. The maximum atomic E-state index is 11.6.